The van der Waals surface area contributed by atoms with Crippen LogP contribution in [0.1, 0.15) is 17.3 Å². The van der Waals surface area contributed by atoms with E-state index in [-0.39, 0.29) is 5.91 Å². The van der Waals surface area contributed by atoms with Gasteiger partial charge in [-0.05, 0) is 49.4 Å². The number of morpholine rings is 1. The fourth-order valence-electron chi connectivity index (χ4n) is 2.94. The van der Waals surface area contributed by atoms with E-state index < -0.39 is 12.1 Å². The standard InChI is InChI=1S/C21H23BrN2O5/c1-14(29-17-6-3-15(22)4-7-17)20(25)23-19-8-5-16(13-18(19)21(26)27-2)24-9-11-28-12-10-24/h3-8,13-14H,9-12H2,1-2H3,(H,23,25). The van der Waals surface area contributed by atoms with E-state index in [2.05, 4.69) is 26.1 Å². The lowest BCUT2D eigenvalue weighted by molar-refractivity contribution is -0.122. The van der Waals surface area contributed by atoms with Gasteiger partial charge in [-0.1, -0.05) is 15.9 Å². The molecule has 1 aliphatic rings. The number of carbonyl (C=O) groups is 2. The number of halogens is 1. The second kappa shape index (κ2) is 9.76. The number of methoxy groups -OCH3 is 1. The van der Waals surface area contributed by atoms with Crippen LogP contribution in [0, 0.1) is 0 Å². The van der Waals surface area contributed by atoms with Crippen molar-refractivity contribution in [3.05, 3.63) is 52.5 Å². The van der Waals surface area contributed by atoms with Crippen LogP contribution >= 0.6 is 15.9 Å². The smallest absolute Gasteiger partial charge is 0.340 e. The van der Waals surface area contributed by atoms with Gasteiger partial charge >= 0.3 is 5.97 Å². The molecule has 3 rings (SSSR count). The number of anilines is 2. The molecule has 0 radical (unpaired) electrons. The van der Waals surface area contributed by atoms with Crippen LogP contribution in [-0.4, -0.2) is 51.4 Å². The minimum Gasteiger partial charge on any atom is -0.481 e. The Morgan fingerprint density at radius 2 is 1.83 bits per heavy atom. The first-order chi connectivity index (χ1) is 14.0. The summed E-state index contributed by atoms with van der Waals surface area (Å²) in [5, 5.41) is 2.77. The van der Waals surface area contributed by atoms with Crippen LogP contribution < -0.4 is 15.0 Å². The Labute approximate surface area is 178 Å². The van der Waals surface area contributed by atoms with E-state index in [1.165, 1.54) is 7.11 Å². The molecule has 1 fully saturated rings. The van der Waals surface area contributed by atoms with E-state index in [1.54, 1.807) is 31.2 Å². The summed E-state index contributed by atoms with van der Waals surface area (Å²) in [6, 6.07) is 12.5. The fourth-order valence-corrected chi connectivity index (χ4v) is 3.21. The first kappa shape index (κ1) is 21.1. The van der Waals surface area contributed by atoms with E-state index in [4.69, 9.17) is 14.2 Å². The third-order valence-electron chi connectivity index (χ3n) is 4.54. The highest BCUT2D eigenvalue weighted by atomic mass is 79.9. The number of nitrogens with one attached hydrogen (secondary N) is 1. The van der Waals surface area contributed by atoms with Crippen molar-refractivity contribution in [2.75, 3.05) is 43.6 Å². The van der Waals surface area contributed by atoms with Crippen LogP contribution in [0.3, 0.4) is 0 Å². The number of hydrogen-bond acceptors (Lipinski definition) is 6. The third-order valence-corrected chi connectivity index (χ3v) is 5.07. The molecule has 8 heteroatoms. The number of benzene rings is 2. The Morgan fingerprint density at radius 3 is 2.48 bits per heavy atom. The maximum Gasteiger partial charge on any atom is 0.340 e. The highest BCUT2D eigenvalue weighted by Crippen LogP contribution is 2.25. The van der Waals surface area contributed by atoms with Gasteiger partial charge in [0.2, 0.25) is 0 Å². The van der Waals surface area contributed by atoms with Crippen molar-refractivity contribution in [2.24, 2.45) is 0 Å². The van der Waals surface area contributed by atoms with Crippen LogP contribution in [0.5, 0.6) is 5.75 Å². The molecule has 0 aliphatic carbocycles. The Hall–Kier alpha value is -2.58. The fraction of sp³-hybridized carbons (Fsp3) is 0.333. The van der Waals surface area contributed by atoms with Crippen molar-refractivity contribution >= 4 is 39.2 Å². The number of hydrogen-bond donors (Lipinski definition) is 1. The van der Waals surface area contributed by atoms with Gasteiger partial charge in [-0.25, -0.2) is 4.79 Å². The van der Waals surface area contributed by atoms with Crippen molar-refractivity contribution in [2.45, 2.75) is 13.0 Å². The predicted molar refractivity (Wildman–Crippen MR) is 114 cm³/mol. The molecule has 1 N–H and O–H groups in total. The number of amides is 1. The Morgan fingerprint density at radius 1 is 1.14 bits per heavy atom. The van der Waals surface area contributed by atoms with Crippen LogP contribution in [0.25, 0.3) is 0 Å². The van der Waals surface area contributed by atoms with Crippen molar-refractivity contribution < 1.29 is 23.8 Å². The molecule has 0 bridgehead atoms. The average molecular weight is 463 g/mol. The van der Waals surface area contributed by atoms with Gasteiger partial charge in [0.25, 0.3) is 5.91 Å². The molecule has 0 spiro atoms. The second-order valence-corrected chi connectivity index (χ2v) is 7.44. The molecule has 2 aromatic carbocycles. The van der Waals surface area contributed by atoms with Gasteiger partial charge < -0.3 is 24.4 Å². The van der Waals surface area contributed by atoms with Crippen molar-refractivity contribution in [1.29, 1.82) is 0 Å². The average Bonchev–Trinajstić information content (AvgIpc) is 2.75. The van der Waals surface area contributed by atoms with E-state index in [9.17, 15) is 9.59 Å². The summed E-state index contributed by atoms with van der Waals surface area (Å²) in [7, 11) is 1.31. The number of nitrogens with zero attached hydrogens (tertiary/aromatic N) is 1. The van der Waals surface area contributed by atoms with Gasteiger partial charge in [-0.2, -0.15) is 0 Å². The molecule has 29 heavy (non-hydrogen) atoms. The maximum atomic E-state index is 12.6. The van der Waals surface area contributed by atoms with Crippen molar-refractivity contribution in [3.8, 4) is 5.75 Å². The molecule has 154 valence electrons. The van der Waals surface area contributed by atoms with Gasteiger partial charge in [0, 0.05) is 23.2 Å². The molecule has 1 heterocycles. The van der Waals surface area contributed by atoms with Gasteiger partial charge in [-0.3, -0.25) is 4.79 Å². The van der Waals surface area contributed by atoms with Gasteiger partial charge in [0.15, 0.2) is 6.10 Å². The molecule has 0 saturated carbocycles. The van der Waals surface area contributed by atoms with Crippen LogP contribution in [0.2, 0.25) is 0 Å². The molecule has 7 nitrogen and oxygen atoms in total. The topological polar surface area (TPSA) is 77.1 Å². The summed E-state index contributed by atoms with van der Waals surface area (Å²) in [5.74, 6) is -0.305. The first-order valence-corrected chi connectivity index (χ1v) is 10.1. The molecule has 1 aliphatic heterocycles. The molecule has 1 amide bonds. The van der Waals surface area contributed by atoms with Gasteiger partial charge in [0.1, 0.15) is 5.75 Å². The molecular weight excluding hydrogens is 440 g/mol. The summed E-state index contributed by atoms with van der Waals surface area (Å²) < 4.78 is 16.9. The summed E-state index contributed by atoms with van der Waals surface area (Å²) in [6.07, 6.45) is -0.749. The minimum absolute atomic E-state index is 0.292. The number of carbonyl (C=O) groups excluding carboxylic acids is 2. The van der Waals surface area contributed by atoms with E-state index in [1.807, 2.05) is 18.2 Å². The van der Waals surface area contributed by atoms with Crippen LogP contribution in [-0.2, 0) is 14.3 Å². The minimum atomic E-state index is -0.749. The zero-order valence-electron chi connectivity index (χ0n) is 16.3. The van der Waals surface area contributed by atoms with E-state index in [0.29, 0.717) is 30.2 Å². The number of esters is 1. The quantitative estimate of drug-likeness (QED) is 0.662. The normalized spacial score (nSPS) is 14.8. The summed E-state index contributed by atoms with van der Waals surface area (Å²) in [6.45, 7) is 4.40. The molecule has 2 aromatic rings. The van der Waals surface area contributed by atoms with Crippen LogP contribution in [0.4, 0.5) is 11.4 Å². The van der Waals surface area contributed by atoms with E-state index >= 15 is 0 Å². The molecule has 1 atom stereocenters. The van der Waals surface area contributed by atoms with Crippen molar-refractivity contribution in [3.63, 3.8) is 0 Å². The highest BCUT2D eigenvalue weighted by Gasteiger charge is 2.21. The number of ether oxygens (including phenoxy) is 3. The Bertz CT molecular complexity index is 866. The summed E-state index contributed by atoms with van der Waals surface area (Å²) in [4.78, 5) is 27.0. The lowest BCUT2D eigenvalue weighted by Gasteiger charge is -2.29. The Balaban J connectivity index is 1.74. The van der Waals surface area contributed by atoms with Crippen molar-refractivity contribution in [1.82, 2.24) is 0 Å². The molecular formula is C21H23BrN2O5. The van der Waals surface area contributed by atoms with Crippen LogP contribution in [0.15, 0.2) is 46.9 Å². The van der Waals surface area contributed by atoms with Gasteiger partial charge in [-0.15, -0.1) is 0 Å². The zero-order valence-corrected chi connectivity index (χ0v) is 17.9. The van der Waals surface area contributed by atoms with E-state index in [0.717, 1.165) is 23.2 Å². The Kier molecular flexibility index (Phi) is 7.11. The lowest BCUT2D eigenvalue weighted by Crippen LogP contribution is -2.36. The first-order valence-electron chi connectivity index (χ1n) is 9.26. The third kappa shape index (κ3) is 5.48. The molecule has 0 aromatic heterocycles. The zero-order chi connectivity index (χ0) is 20.8. The monoisotopic (exact) mass is 462 g/mol. The summed E-state index contributed by atoms with van der Waals surface area (Å²) >= 11 is 3.36. The summed E-state index contributed by atoms with van der Waals surface area (Å²) in [5.41, 5.74) is 1.55. The second-order valence-electron chi connectivity index (χ2n) is 6.52. The molecule has 1 unspecified atom stereocenters. The lowest BCUT2D eigenvalue weighted by atomic mass is 10.1. The number of rotatable bonds is 6. The van der Waals surface area contributed by atoms with Gasteiger partial charge in [0.05, 0.1) is 31.6 Å². The SMILES string of the molecule is COC(=O)c1cc(N2CCOCC2)ccc1NC(=O)C(C)Oc1ccc(Br)cc1. The predicted octanol–water partition coefficient (Wildman–Crippen LogP) is 3.48. The maximum absolute atomic E-state index is 12.6. The highest BCUT2D eigenvalue weighted by molar-refractivity contribution is 9.10. The molecule has 1 saturated heterocycles. The largest absolute Gasteiger partial charge is 0.481 e.